The third-order valence-electron chi connectivity index (χ3n) is 2.48. The van der Waals surface area contributed by atoms with E-state index in [-0.39, 0.29) is 26.3 Å². The third kappa shape index (κ3) is 3.89. The second-order valence-electron chi connectivity index (χ2n) is 3.78. The van der Waals surface area contributed by atoms with Gasteiger partial charge in [0.1, 0.15) is 5.56 Å². The summed E-state index contributed by atoms with van der Waals surface area (Å²) < 4.78 is 9.00. The number of nitriles is 1. The normalized spacial score (nSPS) is 11.8. The average Bonchev–Trinajstić information content (AvgIpc) is 2.51. The van der Waals surface area contributed by atoms with E-state index in [4.69, 9.17) is 40.1 Å². The number of aliphatic imine (C=N–C) groups is 1. The Labute approximate surface area is 141 Å². The number of esters is 2. The van der Waals surface area contributed by atoms with Gasteiger partial charge in [-0.15, -0.1) is 0 Å². The van der Waals surface area contributed by atoms with Gasteiger partial charge in [0.2, 0.25) is 0 Å². The van der Waals surface area contributed by atoms with Crippen LogP contribution in [0.25, 0.3) is 0 Å². The van der Waals surface area contributed by atoms with Crippen LogP contribution in [0.3, 0.4) is 0 Å². The summed E-state index contributed by atoms with van der Waals surface area (Å²) in [5.41, 5.74) is -0.0994. The lowest BCUT2D eigenvalue weighted by Gasteiger charge is -2.09. The third-order valence-corrected chi connectivity index (χ3v) is 3.65. The van der Waals surface area contributed by atoms with Gasteiger partial charge in [-0.3, -0.25) is 9.79 Å². The summed E-state index contributed by atoms with van der Waals surface area (Å²) in [5.74, 6) is -2.80. The molecule has 1 aromatic carbocycles. The first-order valence-corrected chi connectivity index (χ1v) is 6.78. The van der Waals surface area contributed by atoms with Crippen molar-refractivity contribution in [3.8, 4) is 6.07 Å². The molecular formula is C13H9Cl3N2O4. The Hall–Kier alpha value is -1.81. The number of halogens is 3. The summed E-state index contributed by atoms with van der Waals surface area (Å²) in [5, 5.41) is 8.68. The zero-order valence-corrected chi connectivity index (χ0v) is 13.7. The minimum absolute atomic E-state index is 0.0187. The highest BCUT2D eigenvalue weighted by molar-refractivity contribution is 6.47. The number of carbonyl (C=O) groups excluding carboxylic acids is 2. The van der Waals surface area contributed by atoms with Gasteiger partial charge >= 0.3 is 11.9 Å². The van der Waals surface area contributed by atoms with Crippen LogP contribution >= 0.6 is 34.8 Å². The smallest absolute Gasteiger partial charge is 0.341 e. The number of ether oxygens (including phenoxy) is 2. The molecule has 0 radical (unpaired) electrons. The van der Waals surface area contributed by atoms with E-state index in [1.807, 2.05) is 0 Å². The molecule has 0 saturated heterocycles. The summed E-state index contributed by atoms with van der Waals surface area (Å²) in [4.78, 5) is 26.9. The highest BCUT2D eigenvalue weighted by Crippen LogP contribution is 2.39. The zero-order valence-electron chi connectivity index (χ0n) is 11.4. The summed E-state index contributed by atoms with van der Waals surface area (Å²) in [6, 6.07) is 2.99. The predicted octanol–water partition coefficient (Wildman–Crippen LogP) is 3.45. The van der Waals surface area contributed by atoms with Crippen molar-refractivity contribution in [2.45, 2.75) is 0 Å². The van der Waals surface area contributed by atoms with Gasteiger partial charge in [-0.25, -0.2) is 4.79 Å². The fourth-order valence-electron chi connectivity index (χ4n) is 1.39. The van der Waals surface area contributed by atoms with Crippen molar-refractivity contribution in [3.05, 3.63) is 26.7 Å². The first-order chi connectivity index (χ1) is 10.4. The van der Waals surface area contributed by atoms with E-state index in [0.29, 0.717) is 0 Å². The standard InChI is InChI=1S/C13H9Cl3N2O4/c1-21-12(19)6(4-17)5-18-8-3-7(14)10(15)9(11(8)16)13(20)22-2/h3,5-6H,1-2H3. The molecule has 6 nitrogen and oxygen atoms in total. The molecule has 0 aliphatic carbocycles. The van der Waals surface area contributed by atoms with Crippen LogP contribution in [0, 0.1) is 17.2 Å². The van der Waals surface area contributed by atoms with Crippen LogP contribution in [-0.2, 0) is 14.3 Å². The van der Waals surface area contributed by atoms with Crippen molar-refractivity contribution in [3.63, 3.8) is 0 Å². The molecule has 0 saturated carbocycles. The van der Waals surface area contributed by atoms with E-state index >= 15 is 0 Å². The molecule has 0 N–H and O–H groups in total. The number of benzene rings is 1. The molecule has 1 unspecified atom stereocenters. The highest BCUT2D eigenvalue weighted by atomic mass is 35.5. The monoisotopic (exact) mass is 362 g/mol. The fourth-order valence-corrected chi connectivity index (χ4v) is 2.14. The van der Waals surface area contributed by atoms with Crippen LogP contribution in [0.5, 0.6) is 0 Å². The van der Waals surface area contributed by atoms with E-state index in [9.17, 15) is 9.59 Å². The topological polar surface area (TPSA) is 88.8 Å². The first kappa shape index (κ1) is 18.2. The van der Waals surface area contributed by atoms with Gasteiger partial charge in [-0.1, -0.05) is 34.8 Å². The Morgan fingerprint density at radius 1 is 1.27 bits per heavy atom. The van der Waals surface area contributed by atoms with Gasteiger partial charge < -0.3 is 9.47 Å². The van der Waals surface area contributed by atoms with Crippen LogP contribution in [0.4, 0.5) is 5.69 Å². The molecule has 0 aliphatic rings. The van der Waals surface area contributed by atoms with E-state index < -0.39 is 17.9 Å². The first-order valence-electron chi connectivity index (χ1n) is 5.64. The summed E-state index contributed by atoms with van der Waals surface area (Å²) in [6.07, 6.45) is 1.03. The molecule has 0 heterocycles. The van der Waals surface area contributed by atoms with Crippen molar-refractivity contribution in [2.75, 3.05) is 14.2 Å². The number of carbonyl (C=O) groups is 2. The van der Waals surface area contributed by atoms with Crippen molar-refractivity contribution in [1.82, 2.24) is 0 Å². The Kier molecular flexibility index (Phi) is 6.62. The summed E-state index contributed by atoms with van der Waals surface area (Å²) >= 11 is 17.9. The van der Waals surface area contributed by atoms with Gasteiger partial charge in [0.25, 0.3) is 0 Å². The van der Waals surface area contributed by atoms with E-state index in [2.05, 4.69) is 14.5 Å². The molecule has 0 amide bonds. The maximum atomic E-state index is 11.7. The minimum Gasteiger partial charge on any atom is -0.468 e. The molecule has 116 valence electrons. The van der Waals surface area contributed by atoms with Gasteiger partial charge in [0.05, 0.1) is 41.0 Å². The van der Waals surface area contributed by atoms with Crippen molar-refractivity contribution < 1.29 is 19.1 Å². The Morgan fingerprint density at radius 3 is 2.41 bits per heavy atom. The van der Waals surface area contributed by atoms with E-state index in [1.54, 1.807) is 6.07 Å². The summed E-state index contributed by atoms with van der Waals surface area (Å²) in [7, 11) is 2.30. The molecule has 0 bridgehead atoms. The largest absolute Gasteiger partial charge is 0.468 e. The Balaban J connectivity index is 3.33. The molecule has 22 heavy (non-hydrogen) atoms. The highest BCUT2D eigenvalue weighted by Gasteiger charge is 2.22. The number of methoxy groups -OCH3 is 2. The van der Waals surface area contributed by atoms with Gasteiger partial charge in [0.15, 0.2) is 5.92 Å². The molecule has 0 spiro atoms. The SMILES string of the molecule is COC(=O)c1c(Cl)c(Cl)cc(N=CC(C#N)C(=O)OC)c1Cl. The molecule has 0 aromatic heterocycles. The molecule has 9 heteroatoms. The van der Waals surface area contributed by atoms with Crippen LogP contribution in [-0.4, -0.2) is 32.4 Å². The lowest BCUT2D eigenvalue weighted by Crippen LogP contribution is -2.15. The molecule has 1 rings (SSSR count). The second-order valence-corrected chi connectivity index (χ2v) is 4.94. The zero-order chi connectivity index (χ0) is 16.9. The minimum atomic E-state index is -1.22. The fraction of sp³-hybridized carbons (Fsp3) is 0.231. The number of hydrogen-bond acceptors (Lipinski definition) is 6. The Morgan fingerprint density at radius 2 is 1.91 bits per heavy atom. The van der Waals surface area contributed by atoms with Crippen molar-refractivity contribution in [1.29, 1.82) is 5.26 Å². The predicted molar refractivity (Wildman–Crippen MR) is 82.1 cm³/mol. The molecule has 0 fully saturated rings. The second kappa shape index (κ2) is 7.99. The molecular weight excluding hydrogens is 355 g/mol. The number of hydrogen-bond donors (Lipinski definition) is 0. The van der Waals surface area contributed by atoms with Crippen LogP contribution in [0.15, 0.2) is 11.1 Å². The number of rotatable bonds is 4. The lowest BCUT2D eigenvalue weighted by atomic mass is 10.2. The Bertz CT molecular complexity index is 683. The quantitative estimate of drug-likeness (QED) is 0.464. The van der Waals surface area contributed by atoms with Gasteiger partial charge in [-0.2, -0.15) is 5.26 Å². The van der Waals surface area contributed by atoms with Crippen molar-refractivity contribution in [2.24, 2.45) is 10.9 Å². The van der Waals surface area contributed by atoms with Crippen LogP contribution < -0.4 is 0 Å². The maximum absolute atomic E-state index is 11.7. The number of nitrogens with zero attached hydrogens (tertiary/aromatic N) is 2. The molecule has 1 atom stereocenters. The molecule has 0 aliphatic heterocycles. The van der Waals surface area contributed by atoms with Gasteiger partial charge in [-0.05, 0) is 6.07 Å². The van der Waals surface area contributed by atoms with E-state index in [0.717, 1.165) is 20.4 Å². The molecule has 1 aromatic rings. The summed E-state index contributed by atoms with van der Waals surface area (Å²) in [6.45, 7) is 0. The average molecular weight is 364 g/mol. The van der Waals surface area contributed by atoms with E-state index in [1.165, 1.54) is 6.07 Å². The van der Waals surface area contributed by atoms with Gasteiger partial charge in [0, 0.05) is 6.21 Å². The van der Waals surface area contributed by atoms with Crippen molar-refractivity contribution >= 4 is 58.6 Å². The van der Waals surface area contributed by atoms with Crippen LogP contribution in [0.1, 0.15) is 10.4 Å². The lowest BCUT2D eigenvalue weighted by molar-refractivity contribution is -0.141. The maximum Gasteiger partial charge on any atom is 0.341 e. The van der Waals surface area contributed by atoms with Crippen LogP contribution in [0.2, 0.25) is 15.1 Å².